The largest absolute Gasteiger partial charge is 0.492 e. The number of aryl methyl sites for hydroxylation is 4. The predicted molar refractivity (Wildman–Crippen MR) is 243 cm³/mol. The third kappa shape index (κ3) is 9.21. The second kappa shape index (κ2) is 19.6. The summed E-state index contributed by atoms with van der Waals surface area (Å²) < 4.78 is 29.4. The van der Waals surface area contributed by atoms with E-state index < -0.39 is 46.9 Å². The molecule has 5 aromatic carbocycles. The topological polar surface area (TPSA) is 155 Å². The number of hydrogen-bond donors (Lipinski definition) is 2. The standard InChI is InChI=1S/C53H54O11/c1-9-46(55)60-28-38(52(8,11-3)64-51(59)43-21-13-12-20-42(43)50(57)58)29-62-48-32(4)24-36(25-33(48)5)53(44-22-16-14-18-40(44)41-19-15-17-23-45(41)53)37-26-34(6)49(35(7)27-37)63-31-39(54)30-61-47(56)10-2/h9-10,12-27,38-39,54H,1-2,11,28-31H2,3-8H3,(H,57,58). The quantitative estimate of drug-likeness (QED) is 0.0455. The first-order valence-electron chi connectivity index (χ1n) is 21.1. The van der Waals surface area contributed by atoms with E-state index in [1.807, 2.05) is 58.9 Å². The van der Waals surface area contributed by atoms with Crippen LogP contribution in [0.25, 0.3) is 11.1 Å². The number of ether oxygens (including phenoxy) is 5. The molecule has 3 atom stereocenters. The molecule has 0 bridgehead atoms. The fourth-order valence-electron chi connectivity index (χ4n) is 8.66. The second-order valence-electron chi connectivity index (χ2n) is 16.3. The van der Waals surface area contributed by atoms with Crippen molar-refractivity contribution in [1.29, 1.82) is 0 Å². The molecule has 0 saturated carbocycles. The van der Waals surface area contributed by atoms with Crippen LogP contribution in [0.1, 0.15) is 85.5 Å². The minimum absolute atomic E-state index is 0.0221. The molecule has 11 nitrogen and oxygen atoms in total. The minimum atomic E-state index is -1.26. The van der Waals surface area contributed by atoms with Gasteiger partial charge in [-0.15, -0.1) is 0 Å². The summed E-state index contributed by atoms with van der Waals surface area (Å²) >= 11 is 0. The molecule has 0 radical (unpaired) electrons. The van der Waals surface area contributed by atoms with Crippen molar-refractivity contribution in [2.24, 2.45) is 5.92 Å². The summed E-state index contributed by atoms with van der Waals surface area (Å²) in [6, 6.07) is 31.1. The molecule has 0 aromatic heterocycles. The molecular weight excluding hydrogens is 813 g/mol. The van der Waals surface area contributed by atoms with Crippen molar-refractivity contribution in [1.82, 2.24) is 0 Å². The number of carbonyl (C=O) groups excluding carboxylic acids is 3. The van der Waals surface area contributed by atoms with Crippen molar-refractivity contribution in [2.75, 3.05) is 26.4 Å². The number of aliphatic hydroxyl groups excluding tert-OH is 1. The number of benzene rings is 5. The van der Waals surface area contributed by atoms with Gasteiger partial charge in [0.15, 0.2) is 0 Å². The Hall–Kier alpha value is -6.98. The fraction of sp³-hybridized carbons (Fsp3) is 0.283. The van der Waals surface area contributed by atoms with Crippen molar-refractivity contribution in [3.05, 3.63) is 178 Å². The van der Waals surface area contributed by atoms with Gasteiger partial charge in [0, 0.05) is 12.2 Å². The van der Waals surface area contributed by atoms with Crippen LogP contribution in [0.3, 0.4) is 0 Å². The highest BCUT2D eigenvalue weighted by Gasteiger charge is 2.47. The normalized spacial score (nSPS) is 14.1. The average molecular weight is 867 g/mol. The van der Waals surface area contributed by atoms with E-state index in [9.17, 15) is 29.4 Å². The minimum Gasteiger partial charge on any atom is -0.492 e. The van der Waals surface area contributed by atoms with Gasteiger partial charge in [-0.2, -0.15) is 0 Å². The molecule has 5 aromatic rings. The zero-order valence-electron chi connectivity index (χ0n) is 37.1. The first-order valence-corrected chi connectivity index (χ1v) is 21.1. The van der Waals surface area contributed by atoms with Crippen LogP contribution in [-0.4, -0.2) is 72.2 Å². The van der Waals surface area contributed by atoms with Crippen molar-refractivity contribution >= 4 is 23.9 Å². The third-order valence-corrected chi connectivity index (χ3v) is 12.0. The lowest BCUT2D eigenvalue weighted by molar-refractivity contribution is -0.144. The van der Waals surface area contributed by atoms with Gasteiger partial charge >= 0.3 is 23.9 Å². The summed E-state index contributed by atoms with van der Waals surface area (Å²) in [6.45, 7) is 17.8. The summed E-state index contributed by atoms with van der Waals surface area (Å²) in [5.74, 6) is -2.83. The van der Waals surface area contributed by atoms with Gasteiger partial charge in [0.05, 0.1) is 29.1 Å². The molecule has 0 heterocycles. The molecule has 2 N–H and O–H groups in total. The molecule has 64 heavy (non-hydrogen) atoms. The van der Waals surface area contributed by atoms with Crippen LogP contribution < -0.4 is 9.47 Å². The van der Waals surface area contributed by atoms with Gasteiger partial charge in [-0.25, -0.2) is 19.2 Å². The Kier molecular flexibility index (Phi) is 14.2. The Morgan fingerprint density at radius 2 is 1.09 bits per heavy atom. The molecule has 11 heteroatoms. The number of esters is 3. The maximum atomic E-state index is 13.6. The van der Waals surface area contributed by atoms with Crippen LogP contribution in [0.4, 0.5) is 0 Å². The number of aliphatic hydroxyl groups is 1. The van der Waals surface area contributed by atoms with E-state index in [1.54, 1.807) is 13.0 Å². The van der Waals surface area contributed by atoms with E-state index >= 15 is 0 Å². The molecule has 0 aliphatic heterocycles. The van der Waals surface area contributed by atoms with Gasteiger partial charge in [-0.3, -0.25) is 0 Å². The van der Waals surface area contributed by atoms with E-state index in [0.717, 1.165) is 67.8 Å². The number of fused-ring (bicyclic) bond motifs is 3. The SMILES string of the molecule is C=CC(=O)OCC(O)COc1c(C)cc(C2(c3cc(C)c(OCC(COC(=O)C=C)C(C)(CC)OC(=O)c4ccccc4C(=O)O)c(C)c3)c3ccccc3-c3ccccc32)cc1C. The van der Waals surface area contributed by atoms with E-state index in [1.165, 1.54) is 18.2 Å². The first kappa shape index (κ1) is 46.5. The van der Waals surface area contributed by atoms with E-state index in [2.05, 4.69) is 61.7 Å². The second-order valence-corrected chi connectivity index (χ2v) is 16.3. The number of carboxylic acid groups (broad SMARTS) is 1. The molecule has 6 rings (SSSR count). The molecule has 3 unspecified atom stereocenters. The third-order valence-electron chi connectivity index (χ3n) is 12.0. The fourth-order valence-corrected chi connectivity index (χ4v) is 8.66. The van der Waals surface area contributed by atoms with Crippen LogP contribution in [0, 0.1) is 33.6 Å². The van der Waals surface area contributed by atoms with Crippen molar-refractivity contribution in [2.45, 2.75) is 65.1 Å². The van der Waals surface area contributed by atoms with Crippen LogP contribution in [0.15, 0.2) is 122 Å². The summed E-state index contributed by atoms with van der Waals surface area (Å²) in [5, 5.41) is 20.3. The molecule has 1 aliphatic rings. The van der Waals surface area contributed by atoms with E-state index in [-0.39, 0.29) is 37.6 Å². The Balaban J connectivity index is 1.39. The Labute approximate surface area is 373 Å². The number of aromatic carboxylic acids is 1. The zero-order chi connectivity index (χ0) is 46.3. The van der Waals surface area contributed by atoms with Gasteiger partial charge in [0.25, 0.3) is 0 Å². The number of carbonyl (C=O) groups is 4. The smallest absolute Gasteiger partial charge is 0.339 e. The molecule has 0 fully saturated rings. The number of hydrogen-bond acceptors (Lipinski definition) is 10. The van der Waals surface area contributed by atoms with Gasteiger partial charge in [0.1, 0.15) is 43.0 Å². The summed E-state index contributed by atoms with van der Waals surface area (Å²) in [4.78, 5) is 49.5. The molecule has 0 spiro atoms. The lowest BCUT2D eigenvalue weighted by Gasteiger charge is -2.37. The van der Waals surface area contributed by atoms with Crippen LogP contribution in [0.5, 0.6) is 11.5 Å². The Morgan fingerprint density at radius 3 is 1.56 bits per heavy atom. The first-order chi connectivity index (χ1) is 30.6. The maximum Gasteiger partial charge on any atom is 0.339 e. The average Bonchev–Trinajstić information content (AvgIpc) is 3.59. The van der Waals surface area contributed by atoms with Crippen molar-refractivity contribution in [3.63, 3.8) is 0 Å². The lowest BCUT2D eigenvalue weighted by atomic mass is 9.66. The monoisotopic (exact) mass is 866 g/mol. The Morgan fingerprint density at radius 1 is 0.656 bits per heavy atom. The van der Waals surface area contributed by atoms with Crippen LogP contribution >= 0.6 is 0 Å². The molecule has 0 saturated heterocycles. The maximum absolute atomic E-state index is 13.6. The van der Waals surface area contributed by atoms with Crippen LogP contribution in [-0.2, 0) is 29.2 Å². The zero-order valence-corrected chi connectivity index (χ0v) is 37.1. The van der Waals surface area contributed by atoms with Gasteiger partial charge < -0.3 is 33.9 Å². The van der Waals surface area contributed by atoms with Crippen LogP contribution in [0.2, 0.25) is 0 Å². The number of rotatable bonds is 19. The molecule has 1 aliphatic carbocycles. The molecule has 332 valence electrons. The highest BCUT2D eigenvalue weighted by molar-refractivity contribution is 6.02. The highest BCUT2D eigenvalue weighted by Crippen LogP contribution is 2.57. The van der Waals surface area contributed by atoms with Gasteiger partial charge in [-0.1, -0.05) is 105 Å². The van der Waals surface area contributed by atoms with E-state index in [4.69, 9.17) is 23.7 Å². The lowest BCUT2D eigenvalue weighted by Crippen LogP contribution is -2.45. The predicted octanol–water partition coefficient (Wildman–Crippen LogP) is 9.20. The molecular formula is C53H54O11. The summed E-state index contributed by atoms with van der Waals surface area (Å²) in [5.41, 5.74) is 7.49. The number of carboxylic acids is 1. The molecule has 0 amide bonds. The summed E-state index contributed by atoms with van der Waals surface area (Å²) in [7, 11) is 0. The van der Waals surface area contributed by atoms with E-state index in [0.29, 0.717) is 17.9 Å². The Bertz CT molecular complexity index is 2520. The van der Waals surface area contributed by atoms with Crippen molar-refractivity contribution < 1.29 is 53.1 Å². The highest BCUT2D eigenvalue weighted by atomic mass is 16.6. The van der Waals surface area contributed by atoms with Gasteiger partial charge in [-0.05, 0) is 109 Å². The van der Waals surface area contributed by atoms with Gasteiger partial charge in [0.2, 0.25) is 0 Å². The van der Waals surface area contributed by atoms with Crippen molar-refractivity contribution in [3.8, 4) is 22.6 Å². The summed E-state index contributed by atoms with van der Waals surface area (Å²) in [6.07, 6.45) is 1.34.